The van der Waals surface area contributed by atoms with E-state index in [1.807, 2.05) is 0 Å². The van der Waals surface area contributed by atoms with E-state index in [9.17, 15) is 13.0 Å². The van der Waals surface area contributed by atoms with Crippen LogP contribution in [0.3, 0.4) is 0 Å². The van der Waals surface area contributed by atoms with Gasteiger partial charge in [0, 0.05) is 5.75 Å². The van der Waals surface area contributed by atoms with Crippen LogP contribution in [-0.2, 0) is 10.1 Å². The first kappa shape index (κ1) is 46.8. The van der Waals surface area contributed by atoms with Gasteiger partial charge in [-0.2, -0.15) is 0 Å². The van der Waals surface area contributed by atoms with Crippen LogP contribution in [0.5, 0.6) is 0 Å². The van der Waals surface area contributed by atoms with Crippen molar-refractivity contribution in [3.05, 3.63) is 0 Å². The zero-order valence-corrected chi connectivity index (χ0v) is 33.5. The predicted molar refractivity (Wildman–Crippen MR) is 181 cm³/mol. The smallest absolute Gasteiger partial charge is 0.748 e. The third kappa shape index (κ3) is 41.4. The Morgan fingerprint density at radius 3 is 0.927 bits per heavy atom. The maximum absolute atomic E-state index is 9.68. The molecule has 0 bridgehead atoms. The van der Waals surface area contributed by atoms with Crippen LogP contribution < -0.4 is 29.6 Å². The minimum absolute atomic E-state index is 0. The molecule has 0 aromatic carbocycles. The molecule has 2 atom stereocenters. The molecule has 6 heteroatoms. The Hall–Kier alpha value is 1.43. The van der Waals surface area contributed by atoms with Gasteiger partial charge in [-0.25, -0.2) is 8.42 Å². The fourth-order valence-electron chi connectivity index (χ4n) is 5.33. The van der Waals surface area contributed by atoms with Crippen molar-refractivity contribution < 1.29 is 42.5 Å². The first-order chi connectivity index (χ1) is 19.3. The molecule has 0 radical (unpaired) electrons. The Labute approximate surface area is 288 Å². The molecule has 0 spiro atoms. The second-order valence-corrected chi connectivity index (χ2v) is 17.0. The Morgan fingerprint density at radius 1 is 0.463 bits per heavy atom. The van der Waals surface area contributed by atoms with Crippen molar-refractivity contribution in [2.45, 2.75) is 218 Å². The Bertz CT molecular complexity index is 542. The summed E-state index contributed by atoms with van der Waals surface area (Å²) < 4.78 is 29.0. The molecule has 0 aliphatic rings. The molecule has 0 aromatic rings. The molecule has 0 heterocycles. The SMILES string of the molecule is CCCCCCCCCCCCCC(CC)[Se]C(CC)CCCCCCCCCCCCC.CCCS(=O)(=O)[O-].[Na+]. The second kappa shape index (κ2) is 37.6. The molecule has 2 unspecified atom stereocenters. The van der Waals surface area contributed by atoms with Crippen molar-refractivity contribution in [2.75, 3.05) is 5.75 Å². The molecule has 0 saturated carbocycles. The van der Waals surface area contributed by atoms with E-state index in [-0.39, 0.29) is 35.3 Å². The van der Waals surface area contributed by atoms with Crippen LogP contribution in [0.15, 0.2) is 0 Å². The summed E-state index contributed by atoms with van der Waals surface area (Å²) in [5.74, 6) is -0.243. The summed E-state index contributed by atoms with van der Waals surface area (Å²) in [6.07, 6.45) is 38.8. The van der Waals surface area contributed by atoms with E-state index in [0.717, 1.165) is 24.6 Å². The molecule has 3 nitrogen and oxygen atoms in total. The zero-order chi connectivity index (χ0) is 30.2. The summed E-state index contributed by atoms with van der Waals surface area (Å²) in [5.41, 5.74) is 0. The number of hydrogen-bond acceptors (Lipinski definition) is 3. The Balaban J connectivity index is -0.00000159. The van der Waals surface area contributed by atoms with Crippen molar-refractivity contribution >= 4 is 25.1 Å². The van der Waals surface area contributed by atoms with Gasteiger partial charge in [0.1, 0.15) is 0 Å². The summed E-state index contributed by atoms with van der Waals surface area (Å²) >= 11 is 0.889. The van der Waals surface area contributed by atoms with E-state index in [1.54, 1.807) is 6.92 Å². The van der Waals surface area contributed by atoms with Gasteiger partial charge >= 0.3 is 222 Å². The summed E-state index contributed by atoms with van der Waals surface area (Å²) in [6.45, 7) is 11.2. The Kier molecular flexibility index (Phi) is 43.0. The molecule has 41 heavy (non-hydrogen) atoms. The summed E-state index contributed by atoms with van der Waals surface area (Å²) in [6, 6.07) is 0. The van der Waals surface area contributed by atoms with E-state index >= 15 is 0 Å². The van der Waals surface area contributed by atoms with Crippen molar-refractivity contribution in [1.82, 2.24) is 0 Å². The number of unbranched alkanes of at least 4 members (excludes halogenated alkanes) is 20. The maximum atomic E-state index is 9.68. The summed E-state index contributed by atoms with van der Waals surface area (Å²) in [4.78, 5) is 2.13. The first-order valence-corrected chi connectivity index (χ1v) is 21.5. The Morgan fingerprint density at radius 2 is 0.732 bits per heavy atom. The summed E-state index contributed by atoms with van der Waals surface area (Å²) in [5, 5.41) is 0. The number of hydrogen-bond donors (Lipinski definition) is 0. The van der Waals surface area contributed by atoms with E-state index in [2.05, 4.69) is 27.7 Å². The molecule has 0 N–H and O–H groups in total. The second-order valence-electron chi connectivity index (χ2n) is 12.1. The van der Waals surface area contributed by atoms with Crippen LogP contribution in [0.25, 0.3) is 0 Å². The standard InChI is InChI=1S/C32H66Se.C3H8O3S.Na/c1-5-9-11-13-15-17-19-21-23-25-27-29-31(7-3)33-32(8-4)30-28-26-24-22-20-18-16-14-12-10-6-2;1-2-3-7(4,5)6;/h31-32H,5-30H2,1-4H3;2-3H2,1H3,(H,4,5,6);/q;;+1/p-1. The molecular weight excluding hydrogens is 602 g/mol. The van der Waals surface area contributed by atoms with Gasteiger partial charge in [0.05, 0.1) is 10.1 Å². The molecule has 0 aliphatic heterocycles. The topological polar surface area (TPSA) is 57.2 Å². The first-order valence-electron chi connectivity index (χ1n) is 17.9. The summed E-state index contributed by atoms with van der Waals surface area (Å²) in [7, 11) is -3.92. The minimum Gasteiger partial charge on any atom is -0.748 e. The van der Waals surface area contributed by atoms with E-state index < -0.39 is 10.1 Å². The van der Waals surface area contributed by atoms with Crippen molar-refractivity contribution in [1.29, 1.82) is 0 Å². The quantitative estimate of drug-likeness (QED) is 0.0433. The molecular formula is C35H73NaO3SSe. The average Bonchev–Trinajstić information content (AvgIpc) is 2.92. The van der Waals surface area contributed by atoms with Crippen LogP contribution in [0, 0.1) is 0 Å². The van der Waals surface area contributed by atoms with Crippen LogP contribution in [0.4, 0.5) is 0 Å². The van der Waals surface area contributed by atoms with Gasteiger partial charge in [0.2, 0.25) is 0 Å². The molecule has 0 fully saturated rings. The molecule has 0 rings (SSSR count). The van der Waals surface area contributed by atoms with Crippen LogP contribution in [0.1, 0.15) is 208 Å². The molecule has 244 valence electrons. The third-order valence-electron chi connectivity index (χ3n) is 8.01. The van der Waals surface area contributed by atoms with E-state index in [1.165, 1.54) is 167 Å². The van der Waals surface area contributed by atoms with Crippen molar-refractivity contribution in [3.63, 3.8) is 0 Å². The monoisotopic (exact) mass is 676 g/mol. The van der Waals surface area contributed by atoms with Gasteiger partial charge < -0.3 is 4.55 Å². The van der Waals surface area contributed by atoms with Gasteiger partial charge in [-0.05, 0) is 6.42 Å². The van der Waals surface area contributed by atoms with Gasteiger partial charge in [0.25, 0.3) is 0 Å². The van der Waals surface area contributed by atoms with Gasteiger partial charge in [0.15, 0.2) is 0 Å². The van der Waals surface area contributed by atoms with Crippen molar-refractivity contribution in [2.24, 2.45) is 0 Å². The predicted octanol–water partition coefficient (Wildman–Crippen LogP) is 9.44. The zero-order valence-electron chi connectivity index (χ0n) is 29.0. The van der Waals surface area contributed by atoms with Crippen LogP contribution in [-0.4, -0.2) is 33.7 Å². The van der Waals surface area contributed by atoms with E-state index in [4.69, 9.17) is 0 Å². The normalized spacial score (nSPS) is 12.8. The molecule has 0 amide bonds. The third-order valence-corrected chi connectivity index (χ3v) is 12.9. The molecule has 0 aromatic heterocycles. The number of rotatable bonds is 30. The fourth-order valence-corrected chi connectivity index (χ4v) is 9.05. The molecule has 0 aliphatic carbocycles. The van der Waals surface area contributed by atoms with Crippen LogP contribution >= 0.6 is 0 Å². The van der Waals surface area contributed by atoms with Gasteiger partial charge in [-0.15, -0.1) is 0 Å². The van der Waals surface area contributed by atoms with Gasteiger partial charge in [-0.3, -0.25) is 0 Å². The van der Waals surface area contributed by atoms with E-state index in [0.29, 0.717) is 6.42 Å². The van der Waals surface area contributed by atoms with Crippen LogP contribution in [0.2, 0.25) is 9.63 Å². The minimum atomic E-state index is -3.92. The molecule has 0 saturated heterocycles. The van der Waals surface area contributed by atoms with Crippen molar-refractivity contribution in [3.8, 4) is 0 Å². The van der Waals surface area contributed by atoms with Gasteiger partial charge in [-0.1, -0.05) is 33.6 Å². The average molecular weight is 676 g/mol. The fraction of sp³-hybridized carbons (Fsp3) is 1.00.